The lowest BCUT2D eigenvalue weighted by Crippen LogP contribution is -2.19. The van der Waals surface area contributed by atoms with Crippen molar-refractivity contribution in [2.75, 3.05) is 0 Å². The van der Waals surface area contributed by atoms with E-state index in [-0.39, 0.29) is 24.3 Å². The smallest absolute Gasteiger partial charge is 0.335 e. The predicted octanol–water partition coefficient (Wildman–Crippen LogP) is 0.901. The van der Waals surface area contributed by atoms with Gasteiger partial charge < -0.3 is 5.11 Å². The van der Waals surface area contributed by atoms with Crippen LogP contribution in [0.1, 0.15) is 41.6 Å². The van der Waals surface area contributed by atoms with E-state index >= 15 is 0 Å². The number of hydroxylamine groups is 1. The summed E-state index contributed by atoms with van der Waals surface area (Å²) in [5.41, 5.74) is 4.68. The molecule has 0 saturated carbocycles. The number of hydrogen-bond acceptors (Lipinski definition) is 5. The number of amides is 2. The van der Waals surface area contributed by atoms with Gasteiger partial charge in [0, 0.05) is 12.8 Å². The van der Waals surface area contributed by atoms with Gasteiger partial charge in [0.05, 0.1) is 11.8 Å². The van der Waals surface area contributed by atoms with Crippen LogP contribution in [0.15, 0.2) is 29.4 Å². The van der Waals surface area contributed by atoms with E-state index < -0.39 is 11.9 Å². The minimum atomic E-state index is -1.01. The second-order valence-corrected chi connectivity index (χ2v) is 4.46. The molecule has 4 N–H and O–H groups in total. The Morgan fingerprint density at radius 1 is 1.05 bits per heavy atom. The molecule has 2 amide bonds. The van der Waals surface area contributed by atoms with Gasteiger partial charge in [-0.2, -0.15) is 5.10 Å². The second-order valence-electron chi connectivity index (χ2n) is 4.46. The van der Waals surface area contributed by atoms with E-state index in [9.17, 15) is 14.4 Å². The molecule has 0 spiro atoms. The molecule has 1 rings (SSSR count). The number of hydrogen-bond donors (Lipinski definition) is 4. The topological polar surface area (TPSA) is 128 Å². The summed E-state index contributed by atoms with van der Waals surface area (Å²) in [6.07, 6.45) is 2.77. The van der Waals surface area contributed by atoms with Gasteiger partial charge in [-0.1, -0.05) is 12.1 Å². The van der Waals surface area contributed by atoms with Crippen molar-refractivity contribution < 1.29 is 24.7 Å². The molecular formula is C14H17N3O5. The zero-order valence-electron chi connectivity index (χ0n) is 11.8. The Morgan fingerprint density at radius 3 is 2.18 bits per heavy atom. The molecule has 0 aliphatic rings. The third-order valence-electron chi connectivity index (χ3n) is 2.74. The fraction of sp³-hybridized carbons (Fsp3) is 0.286. The van der Waals surface area contributed by atoms with Crippen molar-refractivity contribution in [1.29, 1.82) is 0 Å². The monoisotopic (exact) mass is 307 g/mol. The third-order valence-corrected chi connectivity index (χ3v) is 2.74. The minimum absolute atomic E-state index is 0.156. The zero-order chi connectivity index (χ0) is 16.4. The Labute approximate surface area is 126 Å². The fourth-order valence-electron chi connectivity index (χ4n) is 1.57. The summed E-state index contributed by atoms with van der Waals surface area (Å²) in [5, 5.41) is 20.8. The first-order valence-corrected chi connectivity index (χ1v) is 6.61. The van der Waals surface area contributed by atoms with Crippen molar-refractivity contribution in [1.82, 2.24) is 10.9 Å². The summed E-state index contributed by atoms with van der Waals surface area (Å²) in [7, 11) is 0. The SMILES string of the molecule is O=C(CCCCC(=O)N/N=C/c1ccc(C(=O)O)cc1)NO. The summed E-state index contributed by atoms with van der Waals surface area (Å²) in [5.74, 6) is -1.78. The van der Waals surface area contributed by atoms with Crippen LogP contribution in [0.5, 0.6) is 0 Å². The summed E-state index contributed by atoms with van der Waals surface area (Å²) in [4.78, 5) is 32.8. The third kappa shape index (κ3) is 6.62. The number of carboxylic acid groups (broad SMARTS) is 1. The molecule has 1 aromatic rings. The van der Waals surface area contributed by atoms with Crippen molar-refractivity contribution in [2.45, 2.75) is 25.7 Å². The maximum atomic E-state index is 11.4. The Kier molecular flexibility index (Phi) is 7.27. The lowest BCUT2D eigenvalue weighted by Gasteiger charge is -2.00. The van der Waals surface area contributed by atoms with Gasteiger partial charge in [0.1, 0.15) is 0 Å². The predicted molar refractivity (Wildman–Crippen MR) is 77.5 cm³/mol. The van der Waals surface area contributed by atoms with Crippen molar-refractivity contribution >= 4 is 24.0 Å². The fourth-order valence-corrected chi connectivity index (χ4v) is 1.57. The second kappa shape index (κ2) is 9.24. The lowest BCUT2D eigenvalue weighted by atomic mass is 10.1. The number of aromatic carboxylic acids is 1. The molecular weight excluding hydrogens is 290 g/mol. The number of carboxylic acids is 1. The lowest BCUT2D eigenvalue weighted by molar-refractivity contribution is -0.129. The van der Waals surface area contributed by atoms with E-state index in [1.54, 1.807) is 12.1 Å². The molecule has 22 heavy (non-hydrogen) atoms. The number of benzene rings is 1. The van der Waals surface area contributed by atoms with Crippen LogP contribution in [0, 0.1) is 0 Å². The molecule has 0 bridgehead atoms. The number of carbonyl (C=O) groups is 3. The van der Waals surface area contributed by atoms with Crippen LogP contribution in [0.25, 0.3) is 0 Å². The quantitative estimate of drug-likeness (QED) is 0.245. The molecule has 0 unspecified atom stereocenters. The van der Waals surface area contributed by atoms with Gasteiger partial charge >= 0.3 is 5.97 Å². The average Bonchev–Trinajstić information content (AvgIpc) is 2.51. The number of nitrogens with one attached hydrogen (secondary N) is 2. The van der Waals surface area contributed by atoms with E-state index in [2.05, 4.69) is 10.5 Å². The highest BCUT2D eigenvalue weighted by molar-refractivity contribution is 5.89. The van der Waals surface area contributed by atoms with E-state index in [0.29, 0.717) is 18.4 Å². The van der Waals surface area contributed by atoms with Gasteiger partial charge in [-0.05, 0) is 30.5 Å². The Balaban J connectivity index is 2.28. The van der Waals surface area contributed by atoms with Crippen LogP contribution < -0.4 is 10.9 Å². The Bertz CT molecular complexity index is 554. The number of nitrogens with zero attached hydrogens (tertiary/aromatic N) is 1. The highest BCUT2D eigenvalue weighted by Crippen LogP contribution is 2.02. The molecule has 0 aromatic heterocycles. The average molecular weight is 307 g/mol. The Morgan fingerprint density at radius 2 is 1.64 bits per heavy atom. The van der Waals surface area contributed by atoms with Crippen molar-refractivity contribution in [3.63, 3.8) is 0 Å². The summed E-state index contributed by atoms with van der Waals surface area (Å²) in [6, 6.07) is 6.04. The molecule has 0 aliphatic heterocycles. The van der Waals surface area contributed by atoms with Gasteiger partial charge in [0.25, 0.3) is 0 Å². The zero-order valence-corrected chi connectivity index (χ0v) is 11.8. The van der Waals surface area contributed by atoms with Crippen LogP contribution in [0.2, 0.25) is 0 Å². The summed E-state index contributed by atoms with van der Waals surface area (Å²) >= 11 is 0. The van der Waals surface area contributed by atoms with Crippen LogP contribution in [-0.4, -0.2) is 34.3 Å². The highest BCUT2D eigenvalue weighted by Gasteiger charge is 2.03. The molecule has 0 aliphatic carbocycles. The van der Waals surface area contributed by atoms with Crippen molar-refractivity contribution in [3.05, 3.63) is 35.4 Å². The molecule has 118 valence electrons. The number of unbranched alkanes of at least 4 members (excludes halogenated alkanes) is 1. The van der Waals surface area contributed by atoms with Gasteiger partial charge in [-0.3, -0.25) is 14.8 Å². The van der Waals surface area contributed by atoms with Gasteiger partial charge in [0.15, 0.2) is 0 Å². The highest BCUT2D eigenvalue weighted by atomic mass is 16.5. The summed E-state index contributed by atoms with van der Waals surface area (Å²) < 4.78 is 0. The van der Waals surface area contributed by atoms with Crippen LogP contribution in [0.4, 0.5) is 0 Å². The molecule has 0 heterocycles. The molecule has 8 heteroatoms. The van der Waals surface area contributed by atoms with E-state index in [4.69, 9.17) is 10.3 Å². The minimum Gasteiger partial charge on any atom is -0.478 e. The van der Waals surface area contributed by atoms with Crippen molar-refractivity contribution in [2.24, 2.45) is 5.10 Å². The van der Waals surface area contributed by atoms with Crippen LogP contribution in [0.3, 0.4) is 0 Å². The van der Waals surface area contributed by atoms with E-state index in [1.165, 1.54) is 23.8 Å². The molecule has 1 aromatic carbocycles. The molecule has 0 radical (unpaired) electrons. The first-order valence-electron chi connectivity index (χ1n) is 6.61. The van der Waals surface area contributed by atoms with E-state index in [0.717, 1.165) is 0 Å². The first kappa shape index (κ1) is 17.3. The summed E-state index contributed by atoms with van der Waals surface area (Å²) in [6.45, 7) is 0. The number of hydrazone groups is 1. The Hall–Kier alpha value is -2.74. The largest absolute Gasteiger partial charge is 0.478 e. The standard InChI is InChI=1S/C14H17N3O5/c18-12(3-1-2-4-13(19)17-22)16-15-9-10-5-7-11(8-6-10)14(20)21/h5-9,22H,1-4H2,(H,16,18)(H,17,19)(H,20,21)/b15-9+. The number of carbonyl (C=O) groups excluding carboxylic acids is 2. The van der Waals surface area contributed by atoms with Gasteiger partial charge in [0.2, 0.25) is 11.8 Å². The molecule has 0 saturated heterocycles. The van der Waals surface area contributed by atoms with Gasteiger partial charge in [-0.15, -0.1) is 0 Å². The van der Waals surface area contributed by atoms with Gasteiger partial charge in [-0.25, -0.2) is 15.7 Å². The van der Waals surface area contributed by atoms with Crippen LogP contribution in [-0.2, 0) is 9.59 Å². The first-order chi connectivity index (χ1) is 10.5. The molecule has 0 atom stereocenters. The van der Waals surface area contributed by atoms with E-state index in [1.807, 2.05) is 0 Å². The maximum absolute atomic E-state index is 11.4. The van der Waals surface area contributed by atoms with Crippen molar-refractivity contribution in [3.8, 4) is 0 Å². The maximum Gasteiger partial charge on any atom is 0.335 e. The molecule has 0 fully saturated rings. The number of rotatable bonds is 8. The van der Waals surface area contributed by atoms with Crippen LogP contribution >= 0.6 is 0 Å². The molecule has 8 nitrogen and oxygen atoms in total. The normalized spacial score (nSPS) is 10.4.